The Hall–Kier alpha value is -3.64. The van der Waals surface area contributed by atoms with E-state index in [2.05, 4.69) is 21.3 Å². The largest absolute Gasteiger partial charge is 0.459 e. The van der Waals surface area contributed by atoms with Crippen LogP contribution in [0.1, 0.15) is 11.3 Å². The first kappa shape index (κ1) is 20.6. The lowest BCUT2D eigenvalue weighted by Crippen LogP contribution is -2.49. The molecule has 9 heteroatoms. The summed E-state index contributed by atoms with van der Waals surface area (Å²) in [5, 5.41) is 12.3. The zero-order chi connectivity index (χ0) is 21.6. The zero-order valence-electron chi connectivity index (χ0n) is 16.9. The van der Waals surface area contributed by atoms with Crippen LogP contribution in [0.25, 0.3) is 11.7 Å². The van der Waals surface area contributed by atoms with Gasteiger partial charge in [-0.05, 0) is 36.2 Å². The number of nitrogens with one attached hydrogen (secondary N) is 1. The lowest BCUT2D eigenvalue weighted by Gasteiger charge is -2.34. The summed E-state index contributed by atoms with van der Waals surface area (Å²) in [7, 11) is 0. The number of hydrogen-bond donors (Lipinski definition) is 1. The van der Waals surface area contributed by atoms with Gasteiger partial charge in [0.05, 0.1) is 12.8 Å². The number of piperazine rings is 1. The molecule has 0 atom stereocenters. The van der Waals surface area contributed by atoms with Crippen molar-refractivity contribution in [2.24, 2.45) is 0 Å². The molecule has 0 saturated carbocycles. The number of hydrogen-bond acceptors (Lipinski definition) is 7. The molecule has 0 spiro atoms. The van der Waals surface area contributed by atoms with Crippen LogP contribution in [0.3, 0.4) is 0 Å². The van der Waals surface area contributed by atoms with Crippen molar-refractivity contribution < 1.29 is 18.0 Å². The van der Waals surface area contributed by atoms with Gasteiger partial charge in [-0.25, -0.2) is 4.39 Å². The van der Waals surface area contributed by atoms with Crippen LogP contribution >= 0.6 is 0 Å². The van der Waals surface area contributed by atoms with Crippen molar-refractivity contribution >= 4 is 11.8 Å². The monoisotopic (exact) mass is 423 g/mol. The van der Waals surface area contributed by atoms with E-state index in [0.29, 0.717) is 57.3 Å². The van der Waals surface area contributed by atoms with Crippen LogP contribution in [0.2, 0.25) is 0 Å². The third kappa shape index (κ3) is 5.10. The number of nitriles is 1. The molecule has 1 amide bonds. The van der Waals surface area contributed by atoms with E-state index in [1.54, 1.807) is 24.3 Å². The van der Waals surface area contributed by atoms with Crippen molar-refractivity contribution in [1.29, 1.82) is 5.26 Å². The standard InChI is InChI=1S/C22H22FN5O3/c23-17-5-3-16(4-6-17)7-8-25-20(29)15-27-9-11-28(12-10-27)22-18(14-24)26-21(31-22)19-2-1-13-30-19/h1-6,13H,7-12,15H2,(H,25,29). The quantitative estimate of drug-likeness (QED) is 0.623. The summed E-state index contributed by atoms with van der Waals surface area (Å²) in [6, 6.07) is 11.8. The summed E-state index contributed by atoms with van der Waals surface area (Å²) in [6.07, 6.45) is 2.18. The molecule has 0 unspecified atom stereocenters. The second-order valence-electron chi connectivity index (χ2n) is 7.25. The Morgan fingerprint density at radius 3 is 2.65 bits per heavy atom. The van der Waals surface area contributed by atoms with Gasteiger partial charge in [-0.2, -0.15) is 10.2 Å². The van der Waals surface area contributed by atoms with Gasteiger partial charge in [-0.15, -0.1) is 0 Å². The van der Waals surface area contributed by atoms with Gasteiger partial charge < -0.3 is 19.1 Å². The Bertz CT molecular complexity index is 1050. The highest BCUT2D eigenvalue weighted by molar-refractivity contribution is 5.78. The number of anilines is 1. The summed E-state index contributed by atoms with van der Waals surface area (Å²) >= 11 is 0. The molecule has 8 nitrogen and oxygen atoms in total. The van der Waals surface area contributed by atoms with E-state index in [1.807, 2.05) is 4.90 Å². The molecule has 0 aliphatic carbocycles. The predicted molar refractivity (Wildman–Crippen MR) is 111 cm³/mol. The van der Waals surface area contributed by atoms with Gasteiger partial charge in [0, 0.05) is 32.7 Å². The average molecular weight is 423 g/mol. The molecule has 3 aromatic rings. The smallest absolute Gasteiger partial charge is 0.266 e. The van der Waals surface area contributed by atoms with Crippen LogP contribution in [0, 0.1) is 17.1 Å². The fourth-order valence-electron chi connectivity index (χ4n) is 3.47. The first-order chi connectivity index (χ1) is 15.1. The summed E-state index contributed by atoms with van der Waals surface area (Å²) < 4.78 is 24.0. The van der Waals surface area contributed by atoms with Crippen LogP contribution in [-0.2, 0) is 11.2 Å². The minimum Gasteiger partial charge on any atom is -0.459 e. The van der Waals surface area contributed by atoms with Gasteiger partial charge in [-0.1, -0.05) is 12.1 Å². The SMILES string of the molecule is N#Cc1nc(-c2ccco2)oc1N1CCN(CC(=O)NCCc2ccc(F)cc2)CC1. The van der Waals surface area contributed by atoms with Crippen molar-refractivity contribution in [3.05, 3.63) is 59.7 Å². The van der Waals surface area contributed by atoms with Crippen LogP contribution in [0.15, 0.2) is 51.5 Å². The average Bonchev–Trinajstić information content (AvgIpc) is 3.45. The van der Waals surface area contributed by atoms with Crippen molar-refractivity contribution in [3.63, 3.8) is 0 Å². The number of halogens is 1. The molecule has 1 saturated heterocycles. The highest BCUT2D eigenvalue weighted by Crippen LogP contribution is 2.29. The van der Waals surface area contributed by atoms with Crippen LogP contribution in [-0.4, -0.2) is 55.1 Å². The molecule has 0 bridgehead atoms. The lowest BCUT2D eigenvalue weighted by atomic mass is 10.1. The van der Waals surface area contributed by atoms with E-state index in [4.69, 9.17) is 8.83 Å². The van der Waals surface area contributed by atoms with E-state index in [1.165, 1.54) is 18.4 Å². The Morgan fingerprint density at radius 1 is 1.19 bits per heavy atom. The molecule has 1 aliphatic heterocycles. The number of amides is 1. The highest BCUT2D eigenvalue weighted by atomic mass is 19.1. The van der Waals surface area contributed by atoms with Gasteiger partial charge in [-0.3, -0.25) is 9.69 Å². The highest BCUT2D eigenvalue weighted by Gasteiger charge is 2.26. The molecule has 3 heterocycles. The molecule has 1 N–H and O–H groups in total. The molecule has 2 aromatic heterocycles. The first-order valence-corrected chi connectivity index (χ1v) is 10.1. The molecule has 1 aliphatic rings. The number of aromatic nitrogens is 1. The van der Waals surface area contributed by atoms with Crippen LogP contribution in [0.4, 0.5) is 10.3 Å². The number of carbonyl (C=O) groups excluding carboxylic acids is 1. The van der Waals surface area contributed by atoms with Crippen molar-refractivity contribution in [2.75, 3.05) is 44.2 Å². The van der Waals surface area contributed by atoms with Gasteiger partial charge in [0.2, 0.25) is 17.5 Å². The molecule has 4 rings (SSSR count). The molecule has 0 radical (unpaired) electrons. The predicted octanol–water partition coefficient (Wildman–Crippen LogP) is 2.43. The fraction of sp³-hybridized carbons (Fsp3) is 0.318. The number of nitrogens with zero attached hydrogens (tertiary/aromatic N) is 4. The third-order valence-electron chi connectivity index (χ3n) is 5.12. The summed E-state index contributed by atoms with van der Waals surface area (Å²) in [4.78, 5) is 20.5. The fourth-order valence-corrected chi connectivity index (χ4v) is 3.47. The van der Waals surface area contributed by atoms with E-state index in [9.17, 15) is 14.4 Å². The molecule has 1 aromatic carbocycles. The molecular weight excluding hydrogens is 401 g/mol. The van der Waals surface area contributed by atoms with Crippen molar-refractivity contribution in [1.82, 2.24) is 15.2 Å². The molecule has 31 heavy (non-hydrogen) atoms. The second-order valence-corrected chi connectivity index (χ2v) is 7.25. The third-order valence-corrected chi connectivity index (χ3v) is 5.12. The maximum atomic E-state index is 12.9. The normalized spacial score (nSPS) is 14.4. The van der Waals surface area contributed by atoms with E-state index < -0.39 is 0 Å². The van der Waals surface area contributed by atoms with Crippen LogP contribution in [0.5, 0.6) is 0 Å². The maximum absolute atomic E-state index is 12.9. The topological polar surface area (TPSA) is 98.5 Å². The Morgan fingerprint density at radius 2 is 1.97 bits per heavy atom. The minimum atomic E-state index is -0.267. The van der Waals surface area contributed by atoms with Crippen molar-refractivity contribution in [2.45, 2.75) is 6.42 Å². The Labute approximate surface area is 178 Å². The number of rotatable bonds is 7. The number of oxazole rings is 1. The van der Waals surface area contributed by atoms with Crippen LogP contribution < -0.4 is 10.2 Å². The lowest BCUT2D eigenvalue weighted by molar-refractivity contribution is -0.122. The number of carbonyl (C=O) groups is 1. The molecular formula is C22H22FN5O3. The maximum Gasteiger partial charge on any atom is 0.266 e. The molecule has 1 fully saturated rings. The second kappa shape index (κ2) is 9.45. The van der Waals surface area contributed by atoms with Gasteiger partial charge in [0.25, 0.3) is 5.89 Å². The van der Waals surface area contributed by atoms with E-state index >= 15 is 0 Å². The summed E-state index contributed by atoms with van der Waals surface area (Å²) in [5.41, 5.74) is 1.20. The summed E-state index contributed by atoms with van der Waals surface area (Å²) in [5.74, 6) is 0.861. The number of benzene rings is 1. The van der Waals surface area contributed by atoms with E-state index in [0.717, 1.165) is 5.56 Å². The Balaban J connectivity index is 1.25. The first-order valence-electron chi connectivity index (χ1n) is 10.1. The van der Waals surface area contributed by atoms with Gasteiger partial charge >= 0.3 is 0 Å². The summed E-state index contributed by atoms with van der Waals surface area (Å²) in [6.45, 7) is 3.36. The molecule has 160 valence electrons. The minimum absolute atomic E-state index is 0.0481. The Kier molecular flexibility index (Phi) is 6.29. The van der Waals surface area contributed by atoms with Gasteiger partial charge in [0.1, 0.15) is 11.9 Å². The van der Waals surface area contributed by atoms with E-state index in [-0.39, 0.29) is 23.3 Å². The van der Waals surface area contributed by atoms with Crippen molar-refractivity contribution in [3.8, 4) is 17.7 Å². The number of furan rings is 1. The van der Waals surface area contributed by atoms with Gasteiger partial charge in [0.15, 0.2) is 5.76 Å². The zero-order valence-corrected chi connectivity index (χ0v) is 16.9.